The van der Waals surface area contributed by atoms with E-state index in [0.717, 1.165) is 25.8 Å². The second kappa shape index (κ2) is 4.57. The summed E-state index contributed by atoms with van der Waals surface area (Å²) in [5, 5.41) is 3.03. The van der Waals surface area contributed by atoms with Gasteiger partial charge in [-0.1, -0.05) is 0 Å². The molecular formula is C11H16FN3. The molecule has 15 heavy (non-hydrogen) atoms. The third-order valence-electron chi connectivity index (χ3n) is 2.90. The number of hydrogen-bond acceptors (Lipinski definition) is 3. The zero-order chi connectivity index (χ0) is 10.7. The van der Waals surface area contributed by atoms with Crippen molar-refractivity contribution in [2.75, 3.05) is 11.9 Å². The molecule has 2 rings (SSSR count). The number of anilines is 1. The Kier molecular flexibility index (Phi) is 3.16. The van der Waals surface area contributed by atoms with Gasteiger partial charge in [0.25, 0.3) is 0 Å². The smallest absolute Gasteiger partial charge is 0.165 e. The molecule has 0 bridgehead atoms. The summed E-state index contributed by atoms with van der Waals surface area (Å²) in [5.41, 5.74) is 5.81. The molecule has 1 fully saturated rings. The normalized spacial score (nSPS) is 25.5. The van der Waals surface area contributed by atoms with Gasteiger partial charge in [0.2, 0.25) is 0 Å². The number of pyridine rings is 1. The van der Waals surface area contributed by atoms with Gasteiger partial charge >= 0.3 is 0 Å². The number of rotatable bonds is 3. The predicted octanol–water partition coefficient (Wildman–Crippen LogP) is 1.76. The van der Waals surface area contributed by atoms with Crippen molar-refractivity contribution < 1.29 is 4.39 Å². The quantitative estimate of drug-likeness (QED) is 0.797. The molecule has 1 aliphatic carbocycles. The first-order chi connectivity index (χ1) is 7.25. The van der Waals surface area contributed by atoms with Crippen LogP contribution in [0.4, 0.5) is 10.2 Å². The lowest BCUT2D eigenvalue weighted by Gasteiger charge is -2.11. The highest BCUT2D eigenvalue weighted by molar-refractivity contribution is 5.35. The molecule has 1 saturated carbocycles. The van der Waals surface area contributed by atoms with E-state index in [1.807, 2.05) is 0 Å². The fraction of sp³-hybridized carbons (Fsp3) is 0.545. The second-order valence-electron chi connectivity index (χ2n) is 4.15. The summed E-state index contributed by atoms with van der Waals surface area (Å²) in [6.45, 7) is 0.766. The zero-order valence-electron chi connectivity index (χ0n) is 8.62. The van der Waals surface area contributed by atoms with Crippen LogP contribution in [-0.4, -0.2) is 17.6 Å². The topological polar surface area (TPSA) is 50.9 Å². The highest BCUT2D eigenvalue weighted by Gasteiger charge is 2.21. The number of halogens is 1. The van der Waals surface area contributed by atoms with Crippen molar-refractivity contribution in [3.8, 4) is 0 Å². The Hall–Kier alpha value is -1.16. The van der Waals surface area contributed by atoms with Gasteiger partial charge in [-0.2, -0.15) is 0 Å². The Labute approximate surface area is 88.9 Å². The van der Waals surface area contributed by atoms with Gasteiger partial charge in [0.1, 0.15) is 0 Å². The molecule has 1 aliphatic rings. The van der Waals surface area contributed by atoms with Crippen molar-refractivity contribution in [1.29, 1.82) is 0 Å². The van der Waals surface area contributed by atoms with Gasteiger partial charge in [-0.3, -0.25) is 0 Å². The monoisotopic (exact) mass is 209 g/mol. The third-order valence-corrected chi connectivity index (χ3v) is 2.90. The molecule has 4 heteroatoms. The first kappa shape index (κ1) is 10.4. The molecule has 3 nitrogen and oxygen atoms in total. The van der Waals surface area contributed by atoms with Gasteiger partial charge in [0.15, 0.2) is 11.6 Å². The molecule has 1 heterocycles. The molecule has 1 aromatic rings. The SMILES string of the molecule is NC1CCC(CNc2ncccc2F)C1. The van der Waals surface area contributed by atoms with E-state index in [0.29, 0.717) is 17.8 Å². The average molecular weight is 209 g/mol. The number of aromatic nitrogens is 1. The number of nitrogens with zero attached hydrogens (tertiary/aromatic N) is 1. The highest BCUT2D eigenvalue weighted by atomic mass is 19.1. The fourth-order valence-corrected chi connectivity index (χ4v) is 2.06. The maximum atomic E-state index is 13.2. The van der Waals surface area contributed by atoms with Crippen LogP contribution in [0.1, 0.15) is 19.3 Å². The van der Waals surface area contributed by atoms with E-state index in [4.69, 9.17) is 5.73 Å². The summed E-state index contributed by atoms with van der Waals surface area (Å²) in [6, 6.07) is 3.33. The van der Waals surface area contributed by atoms with Crippen LogP contribution in [0.2, 0.25) is 0 Å². The van der Waals surface area contributed by atoms with Gasteiger partial charge in [-0.25, -0.2) is 9.37 Å². The molecule has 0 aliphatic heterocycles. The van der Waals surface area contributed by atoms with Crippen LogP contribution in [0, 0.1) is 11.7 Å². The van der Waals surface area contributed by atoms with E-state index in [-0.39, 0.29) is 5.82 Å². The van der Waals surface area contributed by atoms with Crippen LogP contribution < -0.4 is 11.1 Å². The number of nitrogens with one attached hydrogen (secondary N) is 1. The molecule has 0 saturated heterocycles. The average Bonchev–Trinajstić information content (AvgIpc) is 2.63. The predicted molar refractivity (Wildman–Crippen MR) is 58.0 cm³/mol. The Morgan fingerprint density at radius 1 is 1.53 bits per heavy atom. The molecule has 2 unspecified atom stereocenters. The summed E-state index contributed by atoms with van der Waals surface area (Å²) in [5.74, 6) is 0.610. The van der Waals surface area contributed by atoms with Crippen LogP contribution in [0.15, 0.2) is 18.3 Å². The minimum Gasteiger partial charge on any atom is -0.367 e. The lowest BCUT2D eigenvalue weighted by atomic mass is 10.1. The third kappa shape index (κ3) is 2.65. The Morgan fingerprint density at radius 2 is 2.40 bits per heavy atom. The molecule has 0 aromatic carbocycles. The Balaban J connectivity index is 1.86. The zero-order valence-corrected chi connectivity index (χ0v) is 8.62. The standard InChI is InChI=1S/C11H16FN3/c12-10-2-1-5-14-11(10)15-7-8-3-4-9(13)6-8/h1-2,5,8-9H,3-4,6-7,13H2,(H,14,15). The van der Waals surface area contributed by atoms with Crippen molar-refractivity contribution >= 4 is 5.82 Å². The van der Waals surface area contributed by atoms with Gasteiger partial charge in [-0.05, 0) is 37.3 Å². The summed E-state index contributed by atoms with van der Waals surface area (Å²) in [4.78, 5) is 3.94. The van der Waals surface area contributed by atoms with Crippen molar-refractivity contribution in [2.24, 2.45) is 11.7 Å². The first-order valence-corrected chi connectivity index (χ1v) is 5.35. The van der Waals surface area contributed by atoms with Crippen LogP contribution in [0.25, 0.3) is 0 Å². The van der Waals surface area contributed by atoms with E-state index in [1.54, 1.807) is 12.3 Å². The summed E-state index contributed by atoms with van der Waals surface area (Å²) >= 11 is 0. The molecule has 0 amide bonds. The van der Waals surface area contributed by atoms with Gasteiger partial charge < -0.3 is 11.1 Å². The van der Waals surface area contributed by atoms with E-state index in [9.17, 15) is 4.39 Å². The van der Waals surface area contributed by atoms with Crippen LogP contribution in [-0.2, 0) is 0 Å². The molecule has 3 N–H and O–H groups in total. The van der Waals surface area contributed by atoms with Crippen molar-refractivity contribution in [3.05, 3.63) is 24.1 Å². The van der Waals surface area contributed by atoms with Gasteiger partial charge in [0.05, 0.1) is 0 Å². The van der Waals surface area contributed by atoms with Crippen molar-refractivity contribution in [3.63, 3.8) is 0 Å². The Bertz CT molecular complexity index is 329. The van der Waals surface area contributed by atoms with Crippen LogP contribution in [0.3, 0.4) is 0 Å². The molecule has 0 spiro atoms. The molecular weight excluding hydrogens is 193 g/mol. The largest absolute Gasteiger partial charge is 0.367 e. The minimum absolute atomic E-state index is 0.292. The summed E-state index contributed by atoms with van der Waals surface area (Å²) < 4.78 is 13.2. The minimum atomic E-state index is -0.292. The van der Waals surface area contributed by atoms with E-state index in [1.165, 1.54) is 6.07 Å². The summed E-state index contributed by atoms with van der Waals surface area (Å²) in [6.07, 6.45) is 4.83. The molecule has 1 aromatic heterocycles. The second-order valence-corrected chi connectivity index (χ2v) is 4.15. The van der Waals surface area contributed by atoms with E-state index in [2.05, 4.69) is 10.3 Å². The van der Waals surface area contributed by atoms with Crippen LogP contribution >= 0.6 is 0 Å². The summed E-state index contributed by atoms with van der Waals surface area (Å²) in [7, 11) is 0. The molecule has 82 valence electrons. The number of nitrogens with two attached hydrogens (primary N) is 1. The molecule has 2 atom stereocenters. The van der Waals surface area contributed by atoms with Crippen LogP contribution in [0.5, 0.6) is 0 Å². The van der Waals surface area contributed by atoms with Crippen molar-refractivity contribution in [2.45, 2.75) is 25.3 Å². The highest BCUT2D eigenvalue weighted by Crippen LogP contribution is 2.24. The number of hydrogen-bond donors (Lipinski definition) is 2. The lowest BCUT2D eigenvalue weighted by Crippen LogP contribution is -2.18. The maximum absolute atomic E-state index is 13.2. The molecule has 0 radical (unpaired) electrons. The van der Waals surface area contributed by atoms with Gasteiger partial charge in [-0.15, -0.1) is 0 Å². The van der Waals surface area contributed by atoms with Gasteiger partial charge in [0, 0.05) is 18.8 Å². The van der Waals surface area contributed by atoms with E-state index < -0.39 is 0 Å². The first-order valence-electron chi connectivity index (χ1n) is 5.35. The van der Waals surface area contributed by atoms with Crippen molar-refractivity contribution in [1.82, 2.24) is 4.98 Å². The lowest BCUT2D eigenvalue weighted by molar-refractivity contribution is 0.559. The Morgan fingerprint density at radius 3 is 3.07 bits per heavy atom. The fourth-order valence-electron chi connectivity index (χ4n) is 2.06. The maximum Gasteiger partial charge on any atom is 0.165 e. The van der Waals surface area contributed by atoms with E-state index >= 15 is 0 Å².